The Morgan fingerprint density at radius 3 is 2.75 bits per heavy atom. The zero-order chi connectivity index (χ0) is 17.5. The van der Waals surface area contributed by atoms with Gasteiger partial charge in [0.15, 0.2) is 0 Å². The number of aromatic carboxylic acids is 1. The van der Waals surface area contributed by atoms with Crippen LogP contribution in [0, 0.1) is 0 Å². The number of carboxylic acid groups (broad SMARTS) is 1. The van der Waals surface area contributed by atoms with Crippen LogP contribution in [0.1, 0.15) is 48.7 Å². The normalized spacial score (nSPS) is 20.2. The van der Waals surface area contributed by atoms with Crippen molar-refractivity contribution in [2.45, 2.75) is 44.8 Å². The molecule has 128 valence electrons. The van der Waals surface area contributed by atoms with Crippen molar-refractivity contribution in [2.75, 3.05) is 6.61 Å². The van der Waals surface area contributed by atoms with Gasteiger partial charge in [-0.05, 0) is 56.4 Å². The van der Waals surface area contributed by atoms with Crippen LogP contribution in [0.4, 0.5) is 0 Å². The third-order valence-electron chi connectivity index (χ3n) is 4.63. The van der Waals surface area contributed by atoms with Crippen LogP contribution in [0.25, 0.3) is 10.9 Å². The Kier molecular flexibility index (Phi) is 4.09. The number of amides is 1. The Morgan fingerprint density at radius 1 is 1.38 bits per heavy atom. The fourth-order valence-corrected chi connectivity index (χ4v) is 3.56. The number of aromatic nitrogens is 1. The molecule has 3 N–H and O–H groups in total. The number of hydrogen-bond acceptors (Lipinski definition) is 3. The lowest BCUT2D eigenvalue weighted by Gasteiger charge is -2.35. The number of carboxylic acids is 1. The molecule has 1 aromatic carbocycles. The molecule has 1 aliphatic heterocycles. The highest BCUT2D eigenvalue weighted by atomic mass is 16.5. The lowest BCUT2D eigenvalue weighted by Crippen LogP contribution is -2.32. The molecular formula is C18H22N2O4. The minimum atomic E-state index is -1.07. The second-order valence-corrected chi connectivity index (χ2v) is 7.00. The number of fused-ring (bicyclic) bond motifs is 1. The summed E-state index contributed by atoms with van der Waals surface area (Å²) in [6.07, 6.45) is 1.87. The highest BCUT2D eigenvalue weighted by Crippen LogP contribution is 2.37. The van der Waals surface area contributed by atoms with E-state index in [1.807, 2.05) is 18.2 Å². The van der Waals surface area contributed by atoms with E-state index in [1.54, 1.807) is 6.07 Å². The van der Waals surface area contributed by atoms with Crippen molar-refractivity contribution in [3.63, 3.8) is 0 Å². The molecule has 3 rings (SSSR count). The van der Waals surface area contributed by atoms with Gasteiger partial charge in [-0.2, -0.15) is 0 Å². The molecule has 0 radical (unpaired) electrons. The molecule has 1 fully saturated rings. The number of benzene rings is 1. The minimum Gasteiger partial charge on any atom is -0.477 e. The van der Waals surface area contributed by atoms with Crippen LogP contribution in [-0.2, 0) is 16.1 Å². The van der Waals surface area contributed by atoms with Gasteiger partial charge in [0.05, 0.1) is 5.60 Å². The standard InChI is InChI=1S/C18H22N2O4/c1-18(2)9-12(5-6-24-18)11-3-4-14-13(7-11)8-15(17(22)23)20(14)10-16(19)21/h3-4,7-8,12H,5-6,9-10H2,1-2H3,(H2,19,21)(H,22,23)/t12-/m0/s1. The Labute approximate surface area is 140 Å². The van der Waals surface area contributed by atoms with Crippen LogP contribution in [-0.4, -0.2) is 33.8 Å². The Morgan fingerprint density at radius 2 is 2.12 bits per heavy atom. The molecule has 0 bridgehead atoms. The first kappa shape index (κ1) is 16.5. The molecule has 2 aromatic rings. The van der Waals surface area contributed by atoms with Gasteiger partial charge in [0, 0.05) is 17.5 Å². The number of ether oxygens (including phenoxy) is 1. The predicted molar refractivity (Wildman–Crippen MR) is 90.1 cm³/mol. The van der Waals surface area contributed by atoms with Gasteiger partial charge in [-0.25, -0.2) is 4.79 Å². The van der Waals surface area contributed by atoms with Gasteiger partial charge in [-0.15, -0.1) is 0 Å². The number of hydrogen-bond donors (Lipinski definition) is 2. The average molecular weight is 330 g/mol. The highest BCUT2D eigenvalue weighted by molar-refractivity contribution is 5.96. The summed E-state index contributed by atoms with van der Waals surface area (Å²) < 4.78 is 7.23. The van der Waals surface area contributed by atoms with Crippen LogP contribution in [0.15, 0.2) is 24.3 Å². The summed E-state index contributed by atoms with van der Waals surface area (Å²) in [6.45, 7) is 4.75. The molecule has 24 heavy (non-hydrogen) atoms. The second kappa shape index (κ2) is 5.94. The fraction of sp³-hybridized carbons (Fsp3) is 0.444. The van der Waals surface area contributed by atoms with E-state index >= 15 is 0 Å². The summed E-state index contributed by atoms with van der Waals surface area (Å²) in [6, 6.07) is 7.51. The van der Waals surface area contributed by atoms with E-state index < -0.39 is 11.9 Å². The summed E-state index contributed by atoms with van der Waals surface area (Å²) in [5.41, 5.74) is 7.06. The van der Waals surface area contributed by atoms with E-state index in [1.165, 1.54) is 10.1 Å². The zero-order valence-corrected chi connectivity index (χ0v) is 13.9. The molecule has 0 spiro atoms. The number of nitrogens with zero attached hydrogens (tertiary/aromatic N) is 1. The van der Waals surface area contributed by atoms with E-state index in [9.17, 15) is 14.7 Å². The quantitative estimate of drug-likeness (QED) is 0.900. The smallest absolute Gasteiger partial charge is 0.352 e. The first-order valence-corrected chi connectivity index (χ1v) is 8.05. The number of primary amides is 1. The maximum Gasteiger partial charge on any atom is 0.352 e. The molecule has 2 heterocycles. The van der Waals surface area contributed by atoms with Gasteiger partial charge in [0.2, 0.25) is 5.91 Å². The minimum absolute atomic E-state index is 0.0771. The number of rotatable bonds is 4. The van der Waals surface area contributed by atoms with Crippen LogP contribution >= 0.6 is 0 Å². The van der Waals surface area contributed by atoms with Gasteiger partial charge in [-0.3, -0.25) is 4.79 Å². The van der Waals surface area contributed by atoms with Crippen molar-refractivity contribution in [3.8, 4) is 0 Å². The van der Waals surface area contributed by atoms with Crippen molar-refractivity contribution < 1.29 is 19.4 Å². The average Bonchev–Trinajstić information content (AvgIpc) is 2.84. The molecule has 1 aromatic heterocycles. The highest BCUT2D eigenvalue weighted by Gasteiger charge is 2.30. The van der Waals surface area contributed by atoms with Crippen LogP contribution in [0.2, 0.25) is 0 Å². The topological polar surface area (TPSA) is 94.5 Å². The van der Waals surface area contributed by atoms with Crippen molar-refractivity contribution >= 4 is 22.8 Å². The molecular weight excluding hydrogens is 308 g/mol. The third-order valence-corrected chi connectivity index (χ3v) is 4.63. The summed E-state index contributed by atoms with van der Waals surface area (Å²) in [5, 5.41) is 10.2. The lowest BCUT2D eigenvalue weighted by molar-refractivity contribution is -0.118. The summed E-state index contributed by atoms with van der Waals surface area (Å²) >= 11 is 0. The van der Waals surface area contributed by atoms with E-state index in [2.05, 4.69) is 13.8 Å². The Bertz CT molecular complexity index is 807. The number of nitrogens with two attached hydrogens (primary N) is 1. The van der Waals surface area contributed by atoms with Crippen molar-refractivity contribution in [3.05, 3.63) is 35.5 Å². The zero-order valence-electron chi connectivity index (χ0n) is 13.9. The van der Waals surface area contributed by atoms with Crippen molar-refractivity contribution in [1.82, 2.24) is 4.57 Å². The van der Waals surface area contributed by atoms with Gasteiger partial charge < -0.3 is 20.1 Å². The molecule has 1 atom stereocenters. The maximum atomic E-state index is 11.5. The van der Waals surface area contributed by atoms with E-state index in [-0.39, 0.29) is 17.8 Å². The van der Waals surface area contributed by atoms with Gasteiger partial charge in [0.1, 0.15) is 12.2 Å². The van der Waals surface area contributed by atoms with Crippen molar-refractivity contribution in [1.29, 1.82) is 0 Å². The summed E-state index contributed by atoms with van der Waals surface area (Å²) in [4.78, 5) is 22.7. The Balaban J connectivity index is 2.02. The first-order chi connectivity index (χ1) is 11.3. The largest absolute Gasteiger partial charge is 0.477 e. The molecule has 0 saturated carbocycles. The molecule has 1 saturated heterocycles. The fourth-order valence-electron chi connectivity index (χ4n) is 3.56. The second-order valence-electron chi connectivity index (χ2n) is 7.00. The van der Waals surface area contributed by atoms with E-state index in [0.717, 1.165) is 24.8 Å². The number of carbonyl (C=O) groups is 2. The van der Waals surface area contributed by atoms with E-state index in [4.69, 9.17) is 10.5 Å². The van der Waals surface area contributed by atoms with Crippen molar-refractivity contribution in [2.24, 2.45) is 5.73 Å². The summed E-state index contributed by atoms with van der Waals surface area (Å²) in [5.74, 6) is -1.25. The first-order valence-electron chi connectivity index (χ1n) is 8.05. The molecule has 0 aliphatic carbocycles. The molecule has 0 unspecified atom stereocenters. The van der Waals surface area contributed by atoms with Gasteiger partial charge in [0.25, 0.3) is 0 Å². The maximum absolute atomic E-state index is 11.5. The SMILES string of the molecule is CC1(C)C[C@@H](c2ccc3c(c2)cc(C(=O)O)n3CC(N)=O)CCO1. The molecule has 1 amide bonds. The van der Waals surface area contributed by atoms with Crippen LogP contribution < -0.4 is 5.73 Å². The Hall–Kier alpha value is -2.34. The van der Waals surface area contributed by atoms with Crippen LogP contribution in [0.5, 0.6) is 0 Å². The predicted octanol–water partition coefficient (Wildman–Crippen LogP) is 2.50. The lowest BCUT2D eigenvalue weighted by atomic mass is 9.83. The molecule has 6 heteroatoms. The number of carbonyl (C=O) groups excluding carboxylic acids is 1. The van der Waals surface area contributed by atoms with Gasteiger partial charge >= 0.3 is 5.97 Å². The van der Waals surface area contributed by atoms with E-state index in [0.29, 0.717) is 11.4 Å². The van der Waals surface area contributed by atoms with Gasteiger partial charge in [-0.1, -0.05) is 6.07 Å². The molecule has 6 nitrogen and oxygen atoms in total. The third kappa shape index (κ3) is 3.14. The van der Waals surface area contributed by atoms with Crippen LogP contribution in [0.3, 0.4) is 0 Å². The monoisotopic (exact) mass is 330 g/mol. The summed E-state index contributed by atoms with van der Waals surface area (Å²) in [7, 11) is 0. The molecule has 1 aliphatic rings.